The summed E-state index contributed by atoms with van der Waals surface area (Å²) in [5.74, 6) is -0.754. The summed E-state index contributed by atoms with van der Waals surface area (Å²) in [7, 11) is 0. The highest BCUT2D eigenvalue weighted by atomic mass is 19.1. The minimum Gasteiger partial charge on any atom is -0.448 e. The molecule has 2 aromatic heterocycles. The van der Waals surface area contributed by atoms with Crippen LogP contribution in [0.5, 0.6) is 0 Å². The van der Waals surface area contributed by atoms with Gasteiger partial charge in [0.1, 0.15) is 11.5 Å². The number of hydrogen-bond donors (Lipinski definition) is 0. The van der Waals surface area contributed by atoms with Crippen LogP contribution in [0.2, 0.25) is 0 Å². The number of aromatic nitrogens is 1. The monoisotopic (exact) mass is 459 g/mol. The Morgan fingerprint density at radius 1 is 1.03 bits per heavy atom. The number of carbonyl (C=O) groups excluding carboxylic acids is 2. The topological polar surface area (TPSA) is 58.7 Å². The smallest absolute Gasteiger partial charge is 0.270 e. The highest BCUT2D eigenvalue weighted by Gasteiger charge is 2.32. The molecular formula is C27H26FN3O3. The van der Waals surface area contributed by atoms with Crippen molar-refractivity contribution in [3.05, 3.63) is 95.1 Å². The summed E-state index contributed by atoms with van der Waals surface area (Å²) in [5, 5.41) is 0.880. The van der Waals surface area contributed by atoms with Crippen LogP contribution in [0.4, 0.5) is 4.39 Å². The molecule has 6 nitrogen and oxygen atoms in total. The molecule has 0 bridgehead atoms. The van der Waals surface area contributed by atoms with Crippen LogP contribution in [0, 0.1) is 12.7 Å². The summed E-state index contributed by atoms with van der Waals surface area (Å²) in [6, 6.07) is 17.3. The van der Waals surface area contributed by atoms with Gasteiger partial charge in [-0.1, -0.05) is 30.3 Å². The van der Waals surface area contributed by atoms with E-state index in [9.17, 15) is 14.0 Å². The van der Waals surface area contributed by atoms with Crippen molar-refractivity contribution >= 4 is 22.9 Å². The summed E-state index contributed by atoms with van der Waals surface area (Å²) >= 11 is 0. The zero-order valence-corrected chi connectivity index (χ0v) is 19.2. The second-order valence-electron chi connectivity index (χ2n) is 8.83. The maximum atomic E-state index is 13.6. The molecule has 1 saturated heterocycles. The second-order valence-corrected chi connectivity index (χ2v) is 8.83. The molecule has 1 aliphatic rings. The number of benzene rings is 2. The van der Waals surface area contributed by atoms with Gasteiger partial charge in [-0.05, 0) is 55.3 Å². The number of halogens is 1. The van der Waals surface area contributed by atoms with Crippen molar-refractivity contribution < 1.29 is 18.4 Å². The van der Waals surface area contributed by atoms with Crippen molar-refractivity contribution in [2.45, 2.75) is 26.4 Å². The summed E-state index contributed by atoms with van der Waals surface area (Å²) in [6.45, 7) is 5.68. The number of piperazine rings is 1. The Hall–Kier alpha value is -3.87. The minimum atomic E-state index is -0.439. The van der Waals surface area contributed by atoms with Gasteiger partial charge in [0.15, 0.2) is 0 Å². The maximum absolute atomic E-state index is 13.6. The molecule has 5 rings (SSSR count). The van der Waals surface area contributed by atoms with Crippen LogP contribution in [0.15, 0.2) is 71.3 Å². The van der Waals surface area contributed by atoms with Crippen LogP contribution < -0.4 is 0 Å². The normalized spacial score (nSPS) is 16.3. The van der Waals surface area contributed by atoms with E-state index in [1.807, 2.05) is 35.8 Å². The molecule has 4 aromatic rings. The van der Waals surface area contributed by atoms with Crippen LogP contribution in [0.25, 0.3) is 11.1 Å². The molecule has 7 heteroatoms. The molecule has 1 unspecified atom stereocenters. The van der Waals surface area contributed by atoms with Gasteiger partial charge in [0.2, 0.25) is 5.71 Å². The number of fused-ring (bicyclic) bond motifs is 1. The first kappa shape index (κ1) is 21.9. The van der Waals surface area contributed by atoms with Gasteiger partial charge < -0.3 is 18.8 Å². The van der Waals surface area contributed by atoms with E-state index in [0.717, 1.165) is 16.5 Å². The largest absolute Gasteiger partial charge is 0.448 e. The van der Waals surface area contributed by atoms with Gasteiger partial charge >= 0.3 is 0 Å². The number of furan rings is 1. The quantitative estimate of drug-likeness (QED) is 0.444. The van der Waals surface area contributed by atoms with Crippen molar-refractivity contribution in [1.29, 1.82) is 0 Å². The van der Waals surface area contributed by atoms with Crippen molar-refractivity contribution in [2.75, 3.05) is 19.6 Å². The minimum absolute atomic E-state index is 0.0929. The zero-order valence-electron chi connectivity index (χ0n) is 19.2. The molecule has 0 spiro atoms. The van der Waals surface area contributed by atoms with Gasteiger partial charge in [0.05, 0.1) is 12.8 Å². The van der Waals surface area contributed by atoms with E-state index in [2.05, 4.69) is 19.1 Å². The van der Waals surface area contributed by atoms with Crippen molar-refractivity contribution in [1.82, 2.24) is 14.4 Å². The number of aryl methyl sites for hydroxylation is 1. The summed E-state index contributed by atoms with van der Waals surface area (Å²) < 4.78 is 21.2. The standard InChI is InChI=1S/C27H26FN3O3/c1-18-6-3-4-7-22(18)17-31-24(15-21-10-13-34-27(21)31)26(33)29-11-12-30(19(2)16-29)25(32)20-8-5-9-23(28)14-20/h3-10,13-15,19H,11-12,16-17H2,1-2H3. The van der Waals surface area contributed by atoms with Crippen molar-refractivity contribution in [2.24, 2.45) is 0 Å². The van der Waals surface area contributed by atoms with Gasteiger partial charge in [-0.25, -0.2) is 4.39 Å². The fourth-order valence-electron chi connectivity index (χ4n) is 4.66. The van der Waals surface area contributed by atoms with E-state index in [-0.39, 0.29) is 17.9 Å². The van der Waals surface area contributed by atoms with E-state index < -0.39 is 5.82 Å². The first-order chi connectivity index (χ1) is 16.4. The summed E-state index contributed by atoms with van der Waals surface area (Å²) in [4.78, 5) is 30.0. The Morgan fingerprint density at radius 2 is 1.85 bits per heavy atom. The van der Waals surface area contributed by atoms with Crippen molar-refractivity contribution in [3.8, 4) is 0 Å². The number of carbonyl (C=O) groups is 2. The lowest BCUT2D eigenvalue weighted by molar-refractivity contribution is 0.0409. The van der Waals surface area contributed by atoms with Gasteiger partial charge in [-0.2, -0.15) is 0 Å². The van der Waals surface area contributed by atoms with Crippen LogP contribution >= 0.6 is 0 Å². The van der Waals surface area contributed by atoms with Crippen LogP contribution in [0.1, 0.15) is 38.9 Å². The lowest BCUT2D eigenvalue weighted by Gasteiger charge is -2.40. The maximum Gasteiger partial charge on any atom is 0.270 e. The van der Waals surface area contributed by atoms with E-state index in [1.165, 1.54) is 18.2 Å². The van der Waals surface area contributed by atoms with Gasteiger partial charge in [-0.3, -0.25) is 9.59 Å². The average molecular weight is 460 g/mol. The fraction of sp³-hybridized carbons (Fsp3) is 0.259. The Bertz CT molecular complexity index is 1370. The third-order valence-corrected chi connectivity index (χ3v) is 6.56. The molecule has 0 aliphatic carbocycles. The predicted molar refractivity (Wildman–Crippen MR) is 127 cm³/mol. The molecule has 174 valence electrons. The molecule has 0 saturated carbocycles. The van der Waals surface area contributed by atoms with Crippen LogP contribution in [0.3, 0.4) is 0 Å². The molecule has 0 radical (unpaired) electrons. The molecule has 3 heterocycles. The Morgan fingerprint density at radius 3 is 2.62 bits per heavy atom. The Kier molecular flexibility index (Phi) is 5.69. The fourth-order valence-corrected chi connectivity index (χ4v) is 4.66. The van der Waals surface area contributed by atoms with Gasteiger partial charge in [0, 0.05) is 36.6 Å². The highest BCUT2D eigenvalue weighted by molar-refractivity contribution is 5.98. The van der Waals surface area contributed by atoms with Gasteiger partial charge in [0.25, 0.3) is 11.8 Å². The van der Waals surface area contributed by atoms with Crippen molar-refractivity contribution in [3.63, 3.8) is 0 Å². The highest BCUT2D eigenvalue weighted by Crippen LogP contribution is 2.25. The SMILES string of the molecule is Cc1ccccc1Cn1c(C(=O)N2CCN(C(=O)c3cccc(F)c3)C(C)C2)cc2ccoc21. The van der Waals surface area contributed by atoms with E-state index in [4.69, 9.17) is 4.42 Å². The first-order valence-electron chi connectivity index (χ1n) is 11.4. The molecule has 1 aliphatic heterocycles. The molecule has 2 aromatic carbocycles. The molecule has 34 heavy (non-hydrogen) atoms. The lowest BCUT2D eigenvalue weighted by atomic mass is 10.1. The number of hydrogen-bond acceptors (Lipinski definition) is 3. The second kappa shape index (κ2) is 8.82. The van der Waals surface area contributed by atoms with E-state index >= 15 is 0 Å². The van der Waals surface area contributed by atoms with E-state index in [0.29, 0.717) is 43.1 Å². The molecular weight excluding hydrogens is 433 g/mol. The first-order valence-corrected chi connectivity index (χ1v) is 11.4. The van der Waals surface area contributed by atoms with E-state index in [1.54, 1.807) is 22.1 Å². The Balaban J connectivity index is 1.37. The molecule has 0 N–H and O–H groups in total. The molecule has 1 fully saturated rings. The third kappa shape index (κ3) is 3.98. The number of nitrogens with zero attached hydrogens (tertiary/aromatic N) is 3. The Labute approximate surface area is 197 Å². The predicted octanol–water partition coefficient (Wildman–Crippen LogP) is 4.72. The van der Waals surface area contributed by atoms with Crippen LogP contribution in [-0.4, -0.2) is 51.9 Å². The van der Waals surface area contributed by atoms with Gasteiger partial charge in [-0.15, -0.1) is 0 Å². The third-order valence-electron chi connectivity index (χ3n) is 6.56. The number of rotatable bonds is 4. The summed E-state index contributed by atoms with van der Waals surface area (Å²) in [6.07, 6.45) is 1.63. The molecule has 2 amide bonds. The summed E-state index contributed by atoms with van der Waals surface area (Å²) in [5.41, 5.74) is 3.81. The lowest BCUT2D eigenvalue weighted by Crippen LogP contribution is -2.55. The average Bonchev–Trinajstić information content (AvgIpc) is 3.42. The number of amides is 2. The molecule has 1 atom stereocenters. The van der Waals surface area contributed by atoms with Crippen LogP contribution in [-0.2, 0) is 6.54 Å². The zero-order chi connectivity index (χ0) is 23.8.